The smallest absolute Gasteiger partial charge is 0.272 e. The fourth-order valence-corrected chi connectivity index (χ4v) is 8.75. The first kappa shape index (κ1) is 38.5. The first-order valence-corrected chi connectivity index (χ1v) is 20.6. The lowest BCUT2D eigenvalue weighted by atomic mass is 9.95. The van der Waals surface area contributed by atoms with Gasteiger partial charge in [-0.1, -0.05) is 18.2 Å². The third kappa shape index (κ3) is 8.20. The van der Waals surface area contributed by atoms with E-state index in [2.05, 4.69) is 46.1 Å². The summed E-state index contributed by atoms with van der Waals surface area (Å²) in [6, 6.07) is 17.0. The zero-order chi connectivity index (χ0) is 40.3. The highest BCUT2D eigenvalue weighted by molar-refractivity contribution is 7.13. The molecule has 0 spiro atoms. The van der Waals surface area contributed by atoms with Gasteiger partial charge in [-0.3, -0.25) is 29.3 Å². The van der Waals surface area contributed by atoms with E-state index < -0.39 is 0 Å². The molecular weight excluding hydrogens is 771 g/mol. The van der Waals surface area contributed by atoms with Crippen LogP contribution in [0, 0.1) is 13.8 Å². The van der Waals surface area contributed by atoms with Gasteiger partial charge in [0.2, 0.25) is 5.91 Å². The van der Waals surface area contributed by atoms with E-state index in [-0.39, 0.29) is 36.8 Å². The molecule has 0 saturated heterocycles. The molecule has 1 atom stereocenters. The molecule has 2 aliphatic heterocycles. The van der Waals surface area contributed by atoms with E-state index in [1.165, 1.54) is 12.7 Å². The van der Waals surface area contributed by atoms with Crippen LogP contribution in [0.1, 0.15) is 56.8 Å². The van der Waals surface area contributed by atoms with Gasteiger partial charge >= 0.3 is 0 Å². The molecule has 0 radical (unpaired) electrons. The van der Waals surface area contributed by atoms with Crippen molar-refractivity contribution in [1.29, 1.82) is 0 Å². The Hall–Kier alpha value is -6.38. The first-order chi connectivity index (χ1) is 28.1. The number of hydrogen-bond acceptors (Lipinski definition) is 10. The molecule has 5 aromatic heterocycles. The summed E-state index contributed by atoms with van der Waals surface area (Å²) in [5.74, 6) is 0.173. The SMILES string of the molecule is COc1cc2c(cc1OCCCC(=O)Nc1cc(C(=O)Nc3cnc(-c4cccs4)c(C)c3)n(C)c1)N=C[C@@H]1CC(c3ccc(-c4cc(C)cs4)nc3)=CCN1C2=O. The van der Waals surface area contributed by atoms with Gasteiger partial charge in [-0.15, -0.1) is 22.7 Å². The summed E-state index contributed by atoms with van der Waals surface area (Å²) in [4.78, 5) is 57.9. The Bertz CT molecular complexity index is 2570. The number of pyridine rings is 2. The molecule has 8 rings (SSSR count). The van der Waals surface area contributed by atoms with Gasteiger partial charge in [-0.05, 0) is 96.1 Å². The first-order valence-electron chi connectivity index (χ1n) is 18.8. The van der Waals surface area contributed by atoms with Crippen LogP contribution in [0.2, 0.25) is 0 Å². The van der Waals surface area contributed by atoms with Crippen molar-refractivity contribution in [2.24, 2.45) is 12.0 Å². The molecule has 14 heteroatoms. The van der Waals surface area contributed by atoms with Gasteiger partial charge < -0.3 is 29.6 Å². The van der Waals surface area contributed by atoms with Crippen LogP contribution in [0.4, 0.5) is 17.1 Å². The van der Waals surface area contributed by atoms with E-state index in [4.69, 9.17) is 19.5 Å². The van der Waals surface area contributed by atoms with Gasteiger partial charge in [0.1, 0.15) is 5.69 Å². The van der Waals surface area contributed by atoms with Crippen molar-refractivity contribution in [3.63, 3.8) is 0 Å². The molecule has 1 aromatic carbocycles. The fourth-order valence-electron chi connectivity index (χ4n) is 7.09. The number of rotatable bonds is 12. The van der Waals surface area contributed by atoms with Crippen LogP contribution in [-0.4, -0.2) is 69.7 Å². The summed E-state index contributed by atoms with van der Waals surface area (Å²) in [6.45, 7) is 4.71. The summed E-state index contributed by atoms with van der Waals surface area (Å²) >= 11 is 3.29. The molecule has 7 heterocycles. The van der Waals surface area contributed by atoms with E-state index in [9.17, 15) is 14.4 Å². The highest BCUT2D eigenvalue weighted by Crippen LogP contribution is 2.39. The molecule has 58 heavy (non-hydrogen) atoms. The van der Waals surface area contributed by atoms with Crippen molar-refractivity contribution in [3.8, 4) is 32.6 Å². The van der Waals surface area contributed by atoms with Crippen LogP contribution in [0.5, 0.6) is 11.5 Å². The number of ether oxygens (including phenoxy) is 2. The molecule has 2 aliphatic rings. The lowest BCUT2D eigenvalue weighted by Gasteiger charge is -2.32. The maximum Gasteiger partial charge on any atom is 0.272 e. The number of aliphatic imine (C=N–C) groups is 1. The second-order valence-electron chi connectivity index (χ2n) is 14.2. The van der Waals surface area contributed by atoms with Crippen LogP contribution in [0.15, 0.2) is 95.0 Å². The lowest BCUT2D eigenvalue weighted by Crippen LogP contribution is -2.43. The summed E-state index contributed by atoms with van der Waals surface area (Å²) in [5, 5.41) is 9.91. The molecule has 0 fully saturated rings. The number of carbonyl (C=O) groups excluding carboxylic acids is 3. The number of fused-ring (bicyclic) bond motifs is 2. The average Bonchev–Trinajstić information content (AvgIpc) is 3.98. The summed E-state index contributed by atoms with van der Waals surface area (Å²) in [5.41, 5.74) is 8.57. The van der Waals surface area contributed by atoms with Crippen molar-refractivity contribution in [2.45, 2.75) is 39.2 Å². The van der Waals surface area contributed by atoms with Gasteiger partial charge in [0.25, 0.3) is 11.8 Å². The molecule has 0 aliphatic carbocycles. The van der Waals surface area contributed by atoms with Crippen LogP contribution in [0.25, 0.3) is 26.7 Å². The molecule has 2 N–H and O–H groups in total. The number of benzene rings is 1. The van der Waals surface area contributed by atoms with E-state index in [0.717, 1.165) is 37.8 Å². The van der Waals surface area contributed by atoms with Crippen molar-refractivity contribution < 1.29 is 23.9 Å². The number of carbonyl (C=O) groups is 3. The second kappa shape index (κ2) is 16.6. The molecule has 0 saturated carbocycles. The van der Waals surface area contributed by atoms with Gasteiger partial charge in [0, 0.05) is 44.7 Å². The van der Waals surface area contributed by atoms with Crippen molar-refractivity contribution >= 4 is 69.2 Å². The van der Waals surface area contributed by atoms with Crippen LogP contribution in [0.3, 0.4) is 0 Å². The number of thiophene rings is 2. The number of aromatic nitrogens is 3. The molecule has 12 nitrogen and oxygen atoms in total. The quantitative estimate of drug-likeness (QED) is 0.118. The Morgan fingerprint density at radius 3 is 2.59 bits per heavy atom. The maximum atomic E-state index is 13.8. The highest BCUT2D eigenvalue weighted by Gasteiger charge is 2.32. The van der Waals surface area contributed by atoms with E-state index >= 15 is 0 Å². The third-order valence-electron chi connectivity index (χ3n) is 10.1. The number of hydrogen-bond donors (Lipinski definition) is 2. The Kier molecular flexibility index (Phi) is 11.0. The van der Waals surface area contributed by atoms with E-state index in [1.807, 2.05) is 53.9 Å². The van der Waals surface area contributed by atoms with Crippen molar-refractivity contribution in [2.75, 3.05) is 30.9 Å². The molecule has 0 unspecified atom stereocenters. The standard InChI is InChI=1S/C44H41N7O5S2/c1-26-15-40(58-25-26)34-10-9-29(21-45-34)28-11-12-51-32(17-28)23-46-35-20-38(37(55-4)19-33(35)44(51)54)56-13-5-8-41(52)48-31-18-36(50(3)24-31)43(53)49-30-16-27(2)42(47-22-30)39-7-6-14-57-39/h6-7,9-11,14-16,18-25,32H,5,8,12-13,17H2,1-4H3,(H,48,52)(H,49,53)/t32-/m0/s1. The highest BCUT2D eigenvalue weighted by atomic mass is 32.1. The second-order valence-corrected chi connectivity index (χ2v) is 16.1. The molecule has 6 aromatic rings. The molecular formula is C44H41N7O5S2. The van der Waals surface area contributed by atoms with Gasteiger partial charge in [-0.2, -0.15) is 0 Å². The summed E-state index contributed by atoms with van der Waals surface area (Å²) in [6.07, 6.45) is 10.4. The van der Waals surface area contributed by atoms with Gasteiger partial charge in [0.05, 0.1) is 69.7 Å². The predicted molar refractivity (Wildman–Crippen MR) is 230 cm³/mol. The Balaban J connectivity index is 0.848. The van der Waals surface area contributed by atoms with Crippen molar-refractivity contribution in [1.82, 2.24) is 19.4 Å². The predicted octanol–water partition coefficient (Wildman–Crippen LogP) is 8.96. The van der Waals surface area contributed by atoms with Gasteiger partial charge in [0.15, 0.2) is 11.5 Å². The Morgan fingerprint density at radius 1 is 0.966 bits per heavy atom. The normalized spacial score (nSPS) is 14.6. The number of methoxy groups -OCH3 is 1. The number of amides is 3. The van der Waals surface area contributed by atoms with Crippen LogP contribution >= 0.6 is 22.7 Å². The van der Waals surface area contributed by atoms with Crippen molar-refractivity contribution in [3.05, 3.63) is 118 Å². The zero-order valence-corrected chi connectivity index (χ0v) is 34.1. The molecule has 3 amide bonds. The number of aryl methyl sites for hydroxylation is 3. The largest absolute Gasteiger partial charge is 0.493 e. The van der Waals surface area contributed by atoms with E-state index in [1.54, 1.807) is 64.9 Å². The monoisotopic (exact) mass is 811 g/mol. The fraction of sp³-hybridized carbons (Fsp3) is 0.227. The number of nitrogens with one attached hydrogen (secondary N) is 2. The molecule has 0 bridgehead atoms. The summed E-state index contributed by atoms with van der Waals surface area (Å²) < 4.78 is 13.4. The minimum atomic E-state index is -0.317. The topological polar surface area (TPSA) is 140 Å². The van der Waals surface area contributed by atoms with Crippen LogP contribution in [-0.2, 0) is 11.8 Å². The third-order valence-corrected chi connectivity index (χ3v) is 12.0. The zero-order valence-electron chi connectivity index (χ0n) is 32.4. The molecule has 294 valence electrons. The van der Waals surface area contributed by atoms with Gasteiger partial charge in [-0.25, -0.2) is 0 Å². The minimum Gasteiger partial charge on any atom is -0.493 e. The maximum absolute atomic E-state index is 13.8. The Labute approximate surface area is 343 Å². The number of nitrogens with zero attached hydrogens (tertiary/aromatic N) is 5. The van der Waals surface area contributed by atoms with E-state index in [0.29, 0.717) is 59.2 Å². The Morgan fingerprint density at radius 2 is 1.84 bits per heavy atom. The van der Waals surface area contributed by atoms with Crippen LogP contribution < -0.4 is 20.1 Å². The summed E-state index contributed by atoms with van der Waals surface area (Å²) in [7, 11) is 3.27. The average molecular weight is 812 g/mol. The number of anilines is 2. The lowest BCUT2D eigenvalue weighted by molar-refractivity contribution is -0.116. The minimum absolute atomic E-state index is 0.131.